The van der Waals surface area contributed by atoms with Crippen LogP contribution in [0.2, 0.25) is 0 Å². The van der Waals surface area contributed by atoms with E-state index in [-0.39, 0.29) is 0 Å². The van der Waals surface area contributed by atoms with Crippen LogP contribution in [0.25, 0.3) is 0 Å². The summed E-state index contributed by atoms with van der Waals surface area (Å²) in [6, 6.07) is 0. The predicted molar refractivity (Wildman–Crippen MR) is 34.8 cm³/mol. The maximum atomic E-state index is 5.44. The van der Waals surface area contributed by atoms with Crippen LogP contribution < -0.4 is 5.73 Å². The molecule has 0 spiro atoms. The molecule has 1 aromatic rings. The summed E-state index contributed by atoms with van der Waals surface area (Å²) >= 11 is 0. The summed E-state index contributed by atoms with van der Waals surface area (Å²) in [4.78, 5) is 3.91. The number of aryl methyl sites for hydroxylation is 2. The van der Waals surface area contributed by atoms with E-state index in [0.29, 0.717) is 5.95 Å². The molecule has 4 heteroatoms. The van der Waals surface area contributed by atoms with Crippen molar-refractivity contribution in [2.75, 3.05) is 5.73 Å². The zero-order valence-electron chi connectivity index (χ0n) is 5.63. The van der Waals surface area contributed by atoms with Crippen LogP contribution in [0.5, 0.6) is 0 Å². The first-order chi connectivity index (χ1) is 4.24. The van der Waals surface area contributed by atoms with Crippen LogP contribution in [-0.2, 0) is 6.54 Å². The molecule has 0 aromatic carbocycles. The van der Waals surface area contributed by atoms with Crippen LogP contribution >= 0.6 is 0 Å². The molecule has 0 aliphatic rings. The quantitative estimate of drug-likeness (QED) is 0.584. The summed E-state index contributed by atoms with van der Waals surface area (Å²) in [5.74, 6) is 1.23. The largest absolute Gasteiger partial charge is 0.368 e. The number of hydrogen-bond acceptors (Lipinski definition) is 3. The maximum absolute atomic E-state index is 5.44. The lowest BCUT2D eigenvalue weighted by Gasteiger charge is -1.92. The van der Waals surface area contributed by atoms with Crippen molar-refractivity contribution in [1.29, 1.82) is 0 Å². The van der Waals surface area contributed by atoms with Gasteiger partial charge < -0.3 is 5.73 Å². The second-order valence-electron chi connectivity index (χ2n) is 1.83. The van der Waals surface area contributed by atoms with Gasteiger partial charge in [-0.1, -0.05) is 0 Å². The van der Waals surface area contributed by atoms with Crippen molar-refractivity contribution in [2.24, 2.45) is 0 Å². The summed E-state index contributed by atoms with van der Waals surface area (Å²) in [5.41, 5.74) is 5.44. The monoisotopic (exact) mass is 126 g/mol. The van der Waals surface area contributed by atoms with Crippen molar-refractivity contribution in [3.63, 3.8) is 0 Å². The molecular formula is C5H10N4. The number of nitrogens with two attached hydrogens (primary N) is 1. The molecule has 1 heterocycles. The van der Waals surface area contributed by atoms with Gasteiger partial charge >= 0.3 is 0 Å². The van der Waals surface area contributed by atoms with Crippen molar-refractivity contribution in [3.8, 4) is 0 Å². The van der Waals surface area contributed by atoms with Gasteiger partial charge in [0, 0.05) is 6.54 Å². The molecule has 0 aliphatic carbocycles. The highest BCUT2D eigenvalue weighted by Gasteiger charge is 1.97. The van der Waals surface area contributed by atoms with Crippen LogP contribution in [0.3, 0.4) is 0 Å². The molecule has 0 fully saturated rings. The summed E-state index contributed by atoms with van der Waals surface area (Å²) in [7, 11) is 0. The van der Waals surface area contributed by atoms with Gasteiger partial charge in [-0.25, -0.2) is 4.68 Å². The van der Waals surface area contributed by atoms with Gasteiger partial charge in [0.2, 0.25) is 5.95 Å². The molecule has 0 atom stereocenters. The van der Waals surface area contributed by atoms with E-state index in [2.05, 4.69) is 10.1 Å². The Morgan fingerprint density at radius 1 is 1.67 bits per heavy atom. The molecule has 4 nitrogen and oxygen atoms in total. The van der Waals surface area contributed by atoms with Gasteiger partial charge in [0.1, 0.15) is 5.82 Å². The smallest absolute Gasteiger partial charge is 0.218 e. The van der Waals surface area contributed by atoms with Crippen LogP contribution in [0.1, 0.15) is 12.7 Å². The lowest BCUT2D eigenvalue weighted by atomic mass is 10.7. The Labute approximate surface area is 53.7 Å². The molecule has 0 unspecified atom stereocenters. The minimum absolute atomic E-state index is 0.495. The summed E-state index contributed by atoms with van der Waals surface area (Å²) in [6.45, 7) is 4.58. The van der Waals surface area contributed by atoms with Crippen molar-refractivity contribution in [3.05, 3.63) is 5.82 Å². The molecule has 1 aromatic heterocycles. The molecule has 0 saturated heterocycles. The van der Waals surface area contributed by atoms with E-state index >= 15 is 0 Å². The molecule has 0 saturated carbocycles. The fraction of sp³-hybridized carbons (Fsp3) is 0.600. The fourth-order valence-electron chi connectivity index (χ4n) is 0.704. The van der Waals surface area contributed by atoms with Gasteiger partial charge in [0.15, 0.2) is 0 Å². The first kappa shape index (κ1) is 6.07. The van der Waals surface area contributed by atoms with Crippen molar-refractivity contribution in [2.45, 2.75) is 20.4 Å². The SMILES string of the molecule is CCn1nc(C)nc1N. The third kappa shape index (κ3) is 1.01. The molecule has 2 N–H and O–H groups in total. The van der Waals surface area contributed by atoms with E-state index in [1.165, 1.54) is 0 Å². The van der Waals surface area contributed by atoms with Gasteiger partial charge in [-0.3, -0.25) is 0 Å². The van der Waals surface area contributed by atoms with Crippen molar-refractivity contribution < 1.29 is 0 Å². The number of rotatable bonds is 1. The van der Waals surface area contributed by atoms with Crippen molar-refractivity contribution in [1.82, 2.24) is 14.8 Å². The van der Waals surface area contributed by atoms with Crippen LogP contribution in [0.15, 0.2) is 0 Å². The highest BCUT2D eigenvalue weighted by atomic mass is 15.4. The molecule has 1 rings (SSSR count). The molecule has 0 radical (unpaired) electrons. The summed E-state index contributed by atoms with van der Waals surface area (Å²) in [5, 5.41) is 4.01. The van der Waals surface area contributed by atoms with Gasteiger partial charge in [-0.15, -0.1) is 0 Å². The maximum Gasteiger partial charge on any atom is 0.218 e. The number of nitrogens with zero attached hydrogens (tertiary/aromatic N) is 3. The standard InChI is InChI=1S/C5H10N4/c1-3-9-5(6)7-4(2)8-9/h3H2,1-2H3,(H2,6,7,8). The Hall–Kier alpha value is -1.06. The highest BCUT2D eigenvalue weighted by molar-refractivity contribution is 5.14. The van der Waals surface area contributed by atoms with Gasteiger partial charge in [-0.2, -0.15) is 10.1 Å². The van der Waals surface area contributed by atoms with Gasteiger partial charge in [0.05, 0.1) is 0 Å². The number of aromatic nitrogens is 3. The number of anilines is 1. The lowest BCUT2D eigenvalue weighted by molar-refractivity contribution is 0.662. The van der Waals surface area contributed by atoms with Crippen LogP contribution in [-0.4, -0.2) is 14.8 Å². The second-order valence-corrected chi connectivity index (χ2v) is 1.83. The molecule has 9 heavy (non-hydrogen) atoms. The van der Waals surface area contributed by atoms with Crippen LogP contribution in [0, 0.1) is 6.92 Å². The normalized spacial score (nSPS) is 10.0. The van der Waals surface area contributed by atoms with E-state index in [1.54, 1.807) is 4.68 Å². The van der Waals surface area contributed by atoms with E-state index in [4.69, 9.17) is 5.73 Å². The average Bonchev–Trinajstić information content (AvgIpc) is 2.10. The zero-order valence-corrected chi connectivity index (χ0v) is 5.63. The molecular weight excluding hydrogens is 116 g/mol. The van der Waals surface area contributed by atoms with E-state index in [0.717, 1.165) is 12.4 Å². The van der Waals surface area contributed by atoms with Crippen LogP contribution in [0.4, 0.5) is 5.95 Å². The first-order valence-electron chi connectivity index (χ1n) is 2.91. The van der Waals surface area contributed by atoms with E-state index in [1.807, 2.05) is 13.8 Å². The second kappa shape index (κ2) is 2.05. The van der Waals surface area contributed by atoms with E-state index < -0.39 is 0 Å². The van der Waals surface area contributed by atoms with Gasteiger partial charge in [0.25, 0.3) is 0 Å². The zero-order chi connectivity index (χ0) is 6.85. The van der Waals surface area contributed by atoms with Gasteiger partial charge in [-0.05, 0) is 13.8 Å². The Morgan fingerprint density at radius 2 is 2.33 bits per heavy atom. The van der Waals surface area contributed by atoms with E-state index in [9.17, 15) is 0 Å². The molecule has 0 bridgehead atoms. The van der Waals surface area contributed by atoms with Crippen molar-refractivity contribution >= 4 is 5.95 Å². The predicted octanol–water partition coefficient (Wildman–Crippen LogP) is 0.189. The number of nitrogen functional groups attached to an aromatic ring is 1. The Morgan fingerprint density at radius 3 is 2.56 bits per heavy atom. The third-order valence-corrected chi connectivity index (χ3v) is 1.11. The molecule has 50 valence electrons. The Bertz CT molecular complexity index is 203. The highest BCUT2D eigenvalue weighted by Crippen LogP contribution is 1.96. The minimum Gasteiger partial charge on any atom is -0.368 e. The fourth-order valence-corrected chi connectivity index (χ4v) is 0.704. The molecule has 0 aliphatic heterocycles. The average molecular weight is 126 g/mol. The number of hydrogen-bond donors (Lipinski definition) is 1. The third-order valence-electron chi connectivity index (χ3n) is 1.11. The summed E-state index contributed by atoms with van der Waals surface area (Å²) in [6.07, 6.45) is 0. The first-order valence-corrected chi connectivity index (χ1v) is 2.91. The topological polar surface area (TPSA) is 56.7 Å². The Balaban J connectivity index is 3.01. The minimum atomic E-state index is 0.495. The lowest BCUT2D eigenvalue weighted by Crippen LogP contribution is -2.02. The molecule has 0 amide bonds. The Kier molecular flexibility index (Phi) is 1.38. The summed E-state index contributed by atoms with van der Waals surface area (Å²) < 4.78 is 1.66.